The monoisotopic (exact) mass is 200 g/mol. The third kappa shape index (κ3) is 1.83. The zero-order valence-corrected chi connectivity index (χ0v) is 8.09. The Morgan fingerprint density at radius 3 is 1.71 bits per heavy atom. The standard InChI is InChI=1S/C9H16N2O3/c12-7-1-3-10(5-7)9(14)11-4-2-8(13)6-11/h7-8,12-13H,1-6H2. The van der Waals surface area contributed by atoms with Gasteiger partial charge in [0.2, 0.25) is 0 Å². The van der Waals surface area contributed by atoms with Gasteiger partial charge in [0.1, 0.15) is 0 Å². The second-order valence-electron chi connectivity index (χ2n) is 4.06. The number of aliphatic hydroxyl groups is 2. The minimum atomic E-state index is -0.369. The molecule has 2 fully saturated rings. The molecule has 0 aromatic carbocycles. The van der Waals surface area contributed by atoms with Crippen molar-refractivity contribution in [2.45, 2.75) is 25.0 Å². The number of likely N-dealkylation sites (tertiary alicyclic amines) is 2. The molecule has 2 rings (SSSR count). The molecule has 5 nitrogen and oxygen atoms in total. The maximum atomic E-state index is 11.8. The molecule has 2 atom stereocenters. The Balaban J connectivity index is 1.89. The average Bonchev–Trinajstić information content (AvgIpc) is 2.73. The highest BCUT2D eigenvalue weighted by Crippen LogP contribution is 2.15. The lowest BCUT2D eigenvalue weighted by atomic mass is 10.3. The van der Waals surface area contributed by atoms with Crippen LogP contribution in [0.5, 0.6) is 0 Å². The SMILES string of the molecule is O=C(N1CCC(O)C1)N1CCC(O)C1. The van der Waals surface area contributed by atoms with Gasteiger partial charge < -0.3 is 20.0 Å². The first-order chi connectivity index (χ1) is 6.66. The van der Waals surface area contributed by atoms with Gasteiger partial charge in [-0.25, -0.2) is 4.79 Å². The summed E-state index contributed by atoms with van der Waals surface area (Å²) in [5, 5.41) is 18.6. The molecule has 0 aromatic heterocycles. The molecule has 2 unspecified atom stereocenters. The molecule has 0 saturated carbocycles. The van der Waals surface area contributed by atoms with Gasteiger partial charge in [0.05, 0.1) is 12.2 Å². The number of β-amino-alcohol motifs (C(OH)–C–C–N with tert-alkyl or cyclic N) is 2. The lowest BCUT2D eigenvalue weighted by Crippen LogP contribution is -2.41. The average molecular weight is 200 g/mol. The largest absolute Gasteiger partial charge is 0.391 e. The molecule has 2 saturated heterocycles. The molecular formula is C9H16N2O3. The van der Waals surface area contributed by atoms with Crippen LogP contribution in [0.4, 0.5) is 4.79 Å². The molecule has 2 aliphatic rings. The van der Waals surface area contributed by atoms with Crippen LogP contribution in [-0.2, 0) is 0 Å². The molecule has 5 heteroatoms. The van der Waals surface area contributed by atoms with Crippen LogP contribution >= 0.6 is 0 Å². The first kappa shape index (κ1) is 9.73. The van der Waals surface area contributed by atoms with Crippen molar-refractivity contribution in [3.8, 4) is 0 Å². The first-order valence-corrected chi connectivity index (χ1v) is 5.07. The third-order valence-corrected chi connectivity index (χ3v) is 2.87. The van der Waals surface area contributed by atoms with E-state index in [1.807, 2.05) is 0 Å². The normalized spacial score (nSPS) is 32.7. The second-order valence-corrected chi connectivity index (χ2v) is 4.06. The van der Waals surface area contributed by atoms with E-state index in [2.05, 4.69) is 0 Å². The van der Waals surface area contributed by atoms with E-state index < -0.39 is 0 Å². The highest BCUT2D eigenvalue weighted by molar-refractivity contribution is 5.75. The Morgan fingerprint density at radius 1 is 1.00 bits per heavy atom. The van der Waals surface area contributed by atoms with Gasteiger partial charge in [0.15, 0.2) is 0 Å². The number of aliphatic hydroxyl groups excluding tert-OH is 2. The summed E-state index contributed by atoms with van der Waals surface area (Å²) in [6.07, 6.45) is 0.600. The summed E-state index contributed by atoms with van der Waals surface area (Å²) in [5.41, 5.74) is 0. The van der Waals surface area contributed by atoms with Crippen LogP contribution in [-0.4, -0.2) is 64.4 Å². The van der Waals surface area contributed by atoms with E-state index in [0.717, 1.165) is 0 Å². The summed E-state index contributed by atoms with van der Waals surface area (Å²) < 4.78 is 0. The number of carbonyl (C=O) groups is 1. The van der Waals surface area contributed by atoms with Crippen LogP contribution in [0.25, 0.3) is 0 Å². The summed E-state index contributed by atoms with van der Waals surface area (Å²) in [5.74, 6) is 0. The van der Waals surface area contributed by atoms with Gasteiger partial charge in [-0.05, 0) is 12.8 Å². The fourth-order valence-electron chi connectivity index (χ4n) is 2.03. The van der Waals surface area contributed by atoms with E-state index in [1.54, 1.807) is 9.80 Å². The van der Waals surface area contributed by atoms with Crippen LogP contribution in [0.2, 0.25) is 0 Å². The van der Waals surface area contributed by atoms with Gasteiger partial charge in [-0.15, -0.1) is 0 Å². The molecule has 0 aromatic rings. The van der Waals surface area contributed by atoms with Crippen molar-refractivity contribution < 1.29 is 15.0 Å². The highest BCUT2D eigenvalue weighted by atomic mass is 16.3. The van der Waals surface area contributed by atoms with Gasteiger partial charge in [-0.2, -0.15) is 0 Å². The number of urea groups is 1. The quantitative estimate of drug-likeness (QED) is 0.540. The van der Waals surface area contributed by atoms with E-state index >= 15 is 0 Å². The Bertz CT molecular complexity index is 212. The summed E-state index contributed by atoms with van der Waals surface area (Å²) in [6, 6.07) is -0.0434. The summed E-state index contributed by atoms with van der Waals surface area (Å²) >= 11 is 0. The smallest absolute Gasteiger partial charge is 0.320 e. The van der Waals surface area contributed by atoms with E-state index in [1.165, 1.54) is 0 Å². The topological polar surface area (TPSA) is 64.0 Å². The van der Waals surface area contributed by atoms with Crippen molar-refractivity contribution in [1.82, 2.24) is 9.80 Å². The van der Waals surface area contributed by atoms with Crippen LogP contribution in [0.3, 0.4) is 0 Å². The molecule has 0 radical (unpaired) electrons. The summed E-state index contributed by atoms with van der Waals surface area (Å²) in [4.78, 5) is 15.1. The van der Waals surface area contributed by atoms with Crippen LogP contribution in [0.15, 0.2) is 0 Å². The third-order valence-electron chi connectivity index (χ3n) is 2.87. The number of amides is 2. The molecule has 2 N–H and O–H groups in total. The van der Waals surface area contributed by atoms with Crippen molar-refractivity contribution in [2.75, 3.05) is 26.2 Å². The van der Waals surface area contributed by atoms with Gasteiger partial charge in [-0.1, -0.05) is 0 Å². The minimum absolute atomic E-state index is 0.0434. The Hall–Kier alpha value is -0.810. The zero-order chi connectivity index (χ0) is 10.1. The fraction of sp³-hybridized carbons (Fsp3) is 0.889. The molecular weight excluding hydrogens is 184 g/mol. The molecule has 80 valence electrons. The number of nitrogens with zero attached hydrogens (tertiary/aromatic N) is 2. The Morgan fingerprint density at radius 2 is 1.43 bits per heavy atom. The molecule has 2 aliphatic heterocycles. The summed E-state index contributed by atoms with van der Waals surface area (Å²) in [7, 11) is 0. The van der Waals surface area contributed by atoms with E-state index in [0.29, 0.717) is 39.0 Å². The first-order valence-electron chi connectivity index (χ1n) is 5.07. The second kappa shape index (κ2) is 3.74. The Labute approximate surface area is 82.9 Å². The molecule has 2 heterocycles. The van der Waals surface area contributed by atoms with E-state index in [4.69, 9.17) is 0 Å². The van der Waals surface area contributed by atoms with Crippen molar-refractivity contribution in [2.24, 2.45) is 0 Å². The predicted molar refractivity (Wildman–Crippen MR) is 49.8 cm³/mol. The number of hydrogen-bond donors (Lipinski definition) is 2. The van der Waals surface area contributed by atoms with Gasteiger partial charge in [-0.3, -0.25) is 0 Å². The van der Waals surface area contributed by atoms with Gasteiger partial charge in [0, 0.05) is 26.2 Å². The van der Waals surface area contributed by atoms with Crippen molar-refractivity contribution >= 4 is 6.03 Å². The minimum Gasteiger partial charge on any atom is -0.391 e. The Kier molecular flexibility index (Phi) is 2.60. The van der Waals surface area contributed by atoms with Crippen molar-refractivity contribution in [3.05, 3.63) is 0 Å². The number of rotatable bonds is 0. The maximum absolute atomic E-state index is 11.8. The van der Waals surface area contributed by atoms with Crippen LogP contribution in [0, 0.1) is 0 Å². The van der Waals surface area contributed by atoms with Gasteiger partial charge >= 0.3 is 6.03 Å². The lowest BCUT2D eigenvalue weighted by molar-refractivity contribution is 0.142. The molecule has 14 heavy (non-hydrogen) atoms. The lowest BCUT2D eigenvalue weighted by Gasteiger charge is -2.23. The summed E-state index contributed by atoms with van der Waals surface area (Å²) in [6.45, 7) is 2.13. The van der Waals surface area contributed by atoms with Crippen molar-refractivity contribution in [1.29, 1.82) is 0 Å². The molecule has 0 spiro atoms. The predicted octanol–water partition coefficient (Wildman–Crippen LogP) is -0.760. The van der Waals surface area contributed by atoms with Gasteiger partial charge in [0.25, 0.3) is 0 Å². The number of carbonyl (C=O) groups excluding carboxylic acids is 1. The van der Waals surface area contributed by atoms with Crippen LogP contribution < -0.4 is 0 Å². The molecule has 2 amide bonds. The number of hydrogen-bond acceptors (Lipinski definition) is 3. The molecule has 0 aliphatic carbocycles. The van der Waals surface area contributed by atoms with E-state index in [9.17, 15) is 15.0 Å². The highest BCUT2D eigenvalue weighted by Gasteiger charge is 2.31. The van der Waals surface area contributed by atoms with Crippen molar-refractivity contribution in [3.63, 3.8) is 0 Å². The van der Waals surface area contributed by atoms with E-state index in [-0.39, 0.29) is 18.2 Å². The van der Waals surface area contributed by atoms with Crippen LogP contribution in [0.1, 0.15) is 12.8 Å². The fourth-order valence-corrected chi connectivity index (χ4v) is 2.03. The maximum Gasteiger partial charge on any atom is 0.320 e. The zero-order valence-electron chi connectivity index (χ0n) is 8.09. The molecule has 0 bridgehead atoms.